The SMILES string of the molecule is CNC1CCN(C(=O)c2cn[nH]c2-c2ccc(OC)cc2)CC1.Cl. The van der Waals surface area contributed by atoms with E-state index in [4.69, 9.17) is 4.74 Å². The third-order valence-corrected chi connectivity index (χ3v) is 4.44. The van der Waals surface area contributed by atoms with Crippen molar-refractivity contribution in [2.45, 2.75) is 18.9 Å². The van der Waals surface area contributed by atoms with Gasteiger partial charge in [-0.15, -0.1) is 12.4 Å². The number of nitrogens with one attached hydrogen (secondary N) is 2. The van der Waals surface area contributed by atoms with Gasteiger partial charge in [-0.3, -0.25) is 9.89 Å². The molecule has 0 aliphatic carbocycles. The highest BCUT2D eigenvalue weighted by Crippen LogP contribution is 2.25. The van der Waals surface area contributed by atoms with Gasteiger partial charge in [0.1, 0.15) is 5.75 Å². The highest BCUT2D eigenvalue weighted by molar-refractivity contribution is 5.99. The molecule has 1 aliphatic rings. The second kappa shape index (κ2) is 8.17. The highest BCUT2D eigenvalue weighted by atomic mass is 35.5. The number of hydrogen-bond donors (Lipinski definition) is 2. The van der Waals surface area contributed by atoms with E-state index < -0.39 is 0 Å². The maximum Gasteiger partial charge on any atom is 0.257 e. The maximum absolute atomic E-state index is 12.8. The predicted molar refractivity (Wildman–Crippen MR) is 95.8 cm³/mol. The first kappa shape index (κ1) is 18.3. The Morgan fingerprint density at radius 3 is 2.54 bits per heavy atom. The lowest BCUT2D eigenvalue weighted by Crippen LogP contribution is -2.44. The minimum Gasteiger partial charge on any atom is -0.497 e. The van der Waals surface area contributed by atoms with Crippen molar-refractivity contribution in [2.24, 2.45) is 0 Å². The molecular weight excluding hydrogens is 328 g/mol. The topological polar surface area (TPSA) is 70.2 Å². The number of nitrogens with zero attached hydrogens (tertiary/aromatic N) is 2. The first-order valence-corrected chi connectivity index (χ1v) is 7.87. The molecule has 0 saturated carbocycles. The quantitative estimate of drug-likeness (QED) is 0.888. The monoisotopic (exact) mass is 350 g/mol. The van der Waals surface area contributed by atoms with Gasteiger partial charge in [0, 0.05) is 24.7 Å². The molecule has 7 heteroatoms. The van der Waals surface area contributed by atoms with Crippen LogP contribution in [-0.4, -0.2) is 54.3 Å². The first-order valence-electron chi connectivity index (χ1n) is 7.87. The van der Waals surface area contributed by atoms with Crippen LogP contribution in [0.15, 0.2) is 30.5 Å². The van der Waals surface area contributed by atoms with Gasteiger partial charge in [-0.1, -0.05) is 0 Å². The van der Waals surface area contributed by atoms with Gasteiger partial charge in [0.05, 0.1) is 24.6 Å². The van der Waals surface area contributed by atoms with E-state index in [2.05, 4.69) is 15.5 Å². The van der Waals surface area contributed by atoms with Gasteiger partial charge in [-0.25, -0.2) is 0 Å². The molecule has 24 heavy (non-hydrogen) atoms. The first-order chi connectivity index (χ1) is 11.2. The van der Waals surface area contributed by atoms with E-state index in [1.54, 1.807) is 13.3 Å². The number of H-pyrrole nitrogens is 1. The molecule has 0 unspecified atom stereocenters. The predicted octanol–water partition coefficient (Wildman–Crippen LogP) is 2.33. The molecule has 1 saturated heterocycles. The summed E-state index contributed by atoms with van der Waals surface area (Å²) in [5.74, 6) is 0.828. The molecule has 1 aromatic carbocycles. The zero-order valence-corrected chi connectivity index (χ0v) is 14.7. The van der Waals surface area contributed by atoms with E-state index in [0.29, 0.717) is 11.6 Å². The Bertz CT molecular complexity index is 663. The Morgan fingerprint density at radius 2 is 1.96 bits per heavy atom. The molecule has 2 N–H and O–H groups in total. The van der Waals surface area contributed by atoms with Crippen LogP contribution < -0.4 is 10.1 Å². The molecule has 1 aromatic heterocycles. The number of carbonyl (C=O) groups excluding carboxylic acids is 1. The number of amides is 1. The number of ether oxygens (including phenoxy) is 1. The lowest BCUT2D eigenvalue weighted by Gasteiger charge is -2.31. The molecule has 0 spiro atoms. The molecule has 0 atom stereocenters. The molecule has 1 amide bonds. The van der Waals surface area contributed by atoms with Gasteiger partial charge >= 0.3 is 0 Å². The number of likely N-dealkylation sites (tertiary alicyclic amines) is 1. The lowest BCUT2D eigenvalue weighted by atomic mass is 10.0. The summed E-state index contributed by atoms with van der Waals surface area (Å²) in [7, 11) is 3.61. The van der Waals surface area contributed by atoms with Crippen LogP contribution in [0.3, 0.4) is 0 Å². The third kappa shape index (κ3) is 3.71. The normalized spacial score (nSPS) is 15.0. The number of halogens is 1. The average molecular weight is 351 g/mol. The number of benzene rings is 1. The summed E-state index contributed by atoms with van der Waals surface area (Å²) < 4.78 is 5.17. The molecule has 2 heterocycles. The molecule has 0 bridgehead atoms. The van der Waals surface area contributed by atoms with E-state index in [1.807, 2.05) is 36.2 Å². The molecule has 6 nitrogen and oxygen atoms in total. The average Bonchev–Trinajstić information content (AvgIpc) is 3.11. The summed E-state index contributed by atoms with van der Waals surface area (Å²) >= 11 is 0. The van der Waals surface area contributed by atoms with Gasteiger partial charge in [0.2, 0.25) is 0 Å². The summed E-state index contributed by atoms with van der Waals surface area (Å²) in [6, 6.07) is 8.11. The largest absolute Gasteiger partial charge is 0.497 e. The molecule has 1 aliphatic heterocycles. The second-order valence-corrected chi connectivity index (χ2v) is 5.74. The number of aromatic amines is 1. The Balaban J connectivity index is 0.00000208. The van der Waals surface area contributed by atoms with Crippen molar-refractivity contribution in [2.75, 3.05) is 27.2 Å². The van der Waals surface area contributed by atoms with E-state index in [-0.39, 0.29) is 18.3 Å². The van der Waals surface area contributed by atoms with Crippen LogP contribution in [0.4, 0.5) is 0 Å². The van der Waals surface area contributed by atoms with Crippen molar-refractivity contribution in [1.29, 1.82) is 0 Å². The van der Waals surface area contributed by atoms with E-state index >= 15 is 0 Å². The summed E-state index contributed by atoms with van der Waals surface area (Å²) in [4.78, 5) is 14.7. The fraction of sp³-hybridized carbons (Fsp3) is 0.412. The second-order valence-electron chi connectivity index (χ2n) is 5.74. The standard InChI is InChI=1S/C17H22N4O2.ClH/c1-18-13-7-9-21(10-8-13)17(22)15-11-19-20-16(15)12-3-5-14(23-2)6-4-12;/h3-6,11,13,18H,7-10H2,1-2H3,(H,19,20);1H. The van der Waals surface area contributed by atoms with E-state index in [9.17, 15) is 4.79 Å². The summed E-state index contributed by atoms with van der Waals surface area (Å²) in [6.45, 7) is 1.55. The van der Waals surface area contributed by atoms with Crippen molar-refractivity contribution in [3.63, 3.8) is 0 Å². The van der Waals surface area contributed by atoms with E-state index in [0.717, 1.165) is 42.9 Å². The van der Waals surface area contributed by atoms with Crippen molar-refractivity contribution in [3.8, 4) is 17.0 Å². The van der Waals surface area contributed by atoms with Crippen LogP contribution in [0.5, 0.6) is 5.75 Å². The minimum absolute atomic E-state index is 0. The van der Waals surface area contributed by atoms with Crippen LogP contribution in [0.1, 0.15) is 23.2 Å². The zero-order chi connectivity index (χ0) is 16.2. The number of carbonyl (C=O) groups is 1. The number of methoxy groups -OCH3 is 1. The summed E-state index contributed by atoms with van der Waals surface area (Å²) in [5.41, 5.74) is 2.31. The molecule has 3 rings (SSSR count). The summed E-state index contributed by atoms with van der Waals surface area (Å²) in [6.07, 6.45) is 3.59. The van der Waals surface area contributed by atoms with Crippen LogP contribution in [-0.2, 0) is 0 Å². The minimum atomic E-state index is 0. The maximum atomic E-state index is 12.8. The van der Waals surface area contributed by atoms with Gasteiger partial charge in [0.25, 0.3) is 5.91 Å². The Labute approximate surface area is 148 Å². The van der Waals surface area contributed by atoms with Gasteiger partial charge in [0.15, 0.2) is 0 Å². The van der Waals surface area contributed by atoms with Gasteiger partial charge in [-0.2, -0.15) is 5.10 Å². The Kier molecular flexibility index (Phi) is 6.23. The smallest absolute Gasteiger partial charge is 0.257 e. The molecule has 130 valence electrons. The van der Waals surface area contributed by atoms with Crippen molar-refractivity contribution < 1.29 is 9.53 Å². The molecule has 2 aromatic rings. The number of hydrogen-bond acceptors (Lipinski definition) is 4. The van der Waals surface area contributed by atoms with E-state index in [1.165, 1.54) is 0 Å². The molecule has 1 fully saturated rings. The van der Waals surface area contributed by atoms with Crippen molar-refractivity contribution in [1.82, 2.24) is 20.4 Å². The van der Waals surface area contributed by atoms with Crippen molar-refractivity contribution in [3.05, 3.63) is 36.0 Å². The fourth-order valence-electron chi connectivity index (χ4n) is 2.97. The van der Waals surface area contributed by atoms with Crippen molar-refractivity contribution >= 4 is 18.3 Å². The van der Waals surface area contributed by atoms with Crippen LogP contribution in [0, 0.1) is 0 Å². The van der Waals surface area contributed by atoms with Gasteiger partial charge in [-0.05, 0) is 44.2 Å². The Hall–Kier alpha value is -2.05. The number of rotatable bonds is 4. The van der Waals surface area contributed by atoms with Crippen LogP contribution in [0.2, 0.25) is 0 Å². The fourth-order valence-corrected chi connectivity index (χ4v) is 2.97. The zero-order valence-electron chi connectivity index (χ0n) is 13.9. The van der Waals surface area contributed by atoms with Crippen LogP contribution in [0.25, 0.3) is 11.3 Å². The molecular formula is C17H23ClN4O2. The third-order valence-electron chi connectivity index (χ3n) is 4.44. The summed E-state index contributed by atoms with van der Waals surface area (Å²) in [5, 5.41) is 10.3. The lowest BCUT2D eigenvalue weighted by molar-refractivity contribution is 0.0708. The highest BCUT2D eigenvalue weighted by Gasteiger charge is 2.25. The number of aromatic nitrogens is 2. The molecule has 0 radical (unpaired) electrons. The number of piperidine rings is 1. The van der Waals surface area contributed by atoms with Gasteiger partial charge < -0.3 is 15.0 Å². The Morgan fingerprint density at radius 1 is 1.29 bits per heavy atom. The van der Waals surface area contributed by atoms with Crippen LogP contribution >= 0.6 is 12.4 Å².